The Bertz CT molecular complexity index is 865. The first-order valence-corrected chi connectivity index (χ1v) is 8.82. The molecule has 2 aromatic heterocycles. The van der Waals surface area contributed by atoms with Gasteiger partial charge in [0.05, 0.1) is 5.69 Å². The highest BCUT2D eigenvalue weighted by molar-refractivity contribution is 5.92. The fraction of sp³-hybridized carbons (Fsp3) is 0.381. The standard InChI is InChI=1S/C21H27N3O/c1-14(2)20-18-13-17(25-11-10-24(4)5)6-7-19(18)23-21(20)16-8-9-22-15(3)12-16/h6-9,12-14,23H,10-11H2,1-5H3. The molecule has 0 bridgehead atoms. The van der Waals surface area contributed by atoms with Crippen molar-refractivity contribution < 1.29 is 4.74 Å². The fourth-order valence-electron chi connectivity index (χ4n) is 3.16. The molecular formula is C21H27N3O. The highest BCUT2D eigenvalue weighted by Crippen LogP contribution is 2.37. The number of benzene rings is 1. The lowest BCUT2D eigenvalue weighted by molar-refractivity contribution is 0.261. The summed E-state index contributed by atoms with van der Waals surface area (Å²) in [5.74, 6) is 1.34. The summed E-state index contributed by atoms with van der Waals surface area (Å²) < 4.78 is 5.93. The van der Waals surface area contributed by atoms with Crippen LogP contribution in [0.3, 0.4) is 0 Å². The van der Waals surface area contributed by atoms with Crippen LogP contribution in [0.15, 0.2) is 36.5 Å². The van der Waals surface area contributed by atoms with Gasteiger partial charge in [0.2, 0.25) is 0 Å². The molecule has 0 saturated carbocycles. The summed E-state index contributed by atoms with van der Waals surface area (Å²) in [4.78, 5) is 10.0. The third-order valence-electron chi connectivity index (χ3n) is 4.38. The Balaban J connectivity index is 2.03. The molecule has 0 aliphatic rings. The SMILES string of the molecule is Cc1cc(-c2[nH]c3ccc(OCCN(C)C)cc3c2C(C)C)ccn1. The number of ether oxygens (including phenoxy) is 1. The van der Waals surface area contributed by atoms with Crippen molar-refractivity contribution >= 4 is 10.9 Å². The monoisotopic (exact) mass is 337 g/mol. The molecule has 132 valence electrons. The molecule has 0 saturated heterocycles. The molecule has 0 fully saturated rings. The first-order chi connectivity index (χ1) is 12.0. The molecule has 0 unspecified atom stereocenters. The predicted molar refractivity (Wildman–Crippen MR) is 104 cm³/mol. The van der Waals surface area contributed by atoms with Crippen LogP contribution in [0.5, 0.6) is 5.75 Å². The third kappa shape index (κ3) is 3.85. The smallest absolute Gasteiger partial charge is 0.120 e. The summed E-state index contributed by atoms with van der Waals surface area (Å²) in [7, 11) is 4.11. The van der Waals surface area contributed by atoms with Crippen molar-refractivity contribution in [3.8, 4) is 17.0 Å². The van der Waals surface area contributed by atoms with Crippen LogP contribution in [0.1, 0.15) is 31.0 Å². The van der Waals surface area contributed by atoms with Crippen molar-refractivity contribution in [1.29, 1.82) is 0 Å². The normalized spacial score (nSPS) is 11.6. The number of hydrogen-bond acceptors (Lipinski definition) is 3. The summed E-state index contributed by atoms with van der Waals surface area (Å²) in [6, 6.07) is 10.5. The fourth-order valence-corrected chi connectivity index (χ4v) is 3.16. The van der Waals surface area contributed by atoms with Crippen LogP contribution in [-0.2, 0) is 0 Å². The van der Waals surface area contributed by atoms with E-state index in [1.165, 1.54) is 22.2 Å². The predicted octanol–water partition coefficient (Wildman–Crippen LogP) is 4.60. The van der Waals surface area contributed by atoms with Gasteiger partial charge in [0.1, 0.15) is 12.4 Å². The Hall–Kier alpha value is -2.33. The quantitative estimate of drug-likeness (QED) is 0.714. The molecule has 3 aromatic rings. The van der Waals surface area contributed by atoms with Crippen LogP contribution >= 0.6 is 0 Å². The van der Waals surface area contributed by atoms with E-state index in [0.717, 1.165) is 23.5 Å². The van der Waals surface area contributed by atoms with E-state index in [1.807, 2.05) is 19.2 Å². The van der Waals surface area contributed by atoms with E-state index in [1.54, 1.807) is 0 Å². The van der Waals surface area contributed by atoms with E-state index in [-0.39, 0.29) is 0 Å². The summed E-state index contributed by atoms with van der Waals surface area (Å²) in [6.45, 7) is 8.09. The molecule has 1 N–H and O–H groups in total. The van der Waals surface area contributed by atoms with Gasteiger partial charge in [-0.1, -0.05) is 13.8 Å². The molecule has 4 nitrogen and oxygen atoms in total. The first kappa shape index (κ1) is 17.5. The van der Waals surface area contributed by atoms with Gasteiger partial charge in [-0.2, -0.15) is 0 Å². The van der Waals surface area contributed by atoms with Crippen LogP contribution in [0.25, 0.3) is 22.2 Å². The average Bonchev–Trinajstić information content (AvgIpc) is 2.93. The second-order valence-corrected chi connectivity index (χ2v) is 7.11. The zero-order valence-corrected chi connectivity index (χ0v) is 15.8. The van der Waals surface area contributed by atoms with Gasteiger partial charge >= 0.3 is 0 Å². The minimum Gasteiger partial charge on any atom is -0.492 e. The molecule has 0 aliphatic carbocycles. The lowest BCUT2D eigenvalue weighted by atomic mass is 9.96. The van der Waals surface area contributed by atoms with E-state index in [4.69, 9.17) is 4.74 Å². The highest BCUT2D eigenvalue weighted by Gasteiger charge is 2.17. The summed E-state index contributed by atoms with van der Waals surface area (Å²) in [6.07, 6.45) is 1.87. The molecule has 4 heteroatoms. The van der Waals surface area contributed by atoms with E-state index >= 15 is 0 Å². The van der Waals surface area contributed by atoms with Gasteiger partial charge < -0.3 is 14.6 Å². The molecule has 0 atom stereocenters. The number of nitrogens with one attached hydrogen (secondary N) is 1. The van der Waals surface area contributed by atoms with Crippen LogP contribution in [0.2, 0.25) is 0 Å². The number of H-pyrrole nitrogens is 1. The topological polar surface area (TPSA) is 41.1 Å². The molecule has 25 heavy (non-hydrogen) atoms. The number of pyridine rings is 1. The number of rotatable bonds is 6. The summed E-state index contributed by atoms with van der Waals surface area (Å²) >= 11 is 0. The number of aryl methyl sites for hydroxylation is 1. The largest absolute Gasteiger partial charge is 0.492 e. The third-order valence-corrected chi connectivity index (χ3v) is 4.38. The van der Waals surface area contributed by atoms with E-state index in [9.17, 15) is 0 Å². The Morgan fingerprint density at radius 1 is 1.16 bits per heavy atom. The number of nitrogens with zero attached hydrogens (tertiary/aromatic N) is 2. The van der Waals surface area contributed by atoms with Crippen LogP contribution in [0, 0.1) is 6.92 Å². The van der Waals surface area contributed by atoms with E-state index in [2.05, 4.69) is 67.1 Å². The minimum absolute atomic E-state index is 0.411. The number of fused-ring (bicyclic) bond motifs is 1. The maximum atomic E-state index is 5.93. The Labute approximate surface area is 149 Å². The van der Waals surface area contributed by atoms with Crippen LogP contribution < -0.4 is 4.74 Å². The molecule has 1 aromatic carbocycles. The molecule has 0 aliphatic heterocycles. The Morgan fingerprint density at radius 3 is 2.64 bits per heavy atom. The lowest BCUT2D eigenvalue weighted by Gasteiger charge is -2.12. The second kappa shape index (κ2) is 7.28. The molecule has 0 amide bonds. The molecular weight excluding hydrogens is 310 g/mol. The van der Waals surface area contributed by atoms with Gasteiger partial charge in [0.25, 0.3) is 0 Å². The van der Waals surface area contributed by atoms with Gasteiger partial charge in [-0.3, -0.25) is 4.98 Å². The maximum absolute atomic E-state index is 5.93. The van der Waals surface area contributed by atoms with Gasteiger partial charge in [-0.05, 0) is 62.8 Å². The van der Waals surface area contributed by atoms with Gasteiger partial charge in [0, 0.05) is 34.9 Å². The van der Waals surface area contributed by atoms with Crippen molar-refractivity contribution in [2.75, 3.05) is 27.2 Å². The zero-order chi connectivity index (χ0) is 18.0. The number of aromatic nitrogens is 2. The summed E-state index contributed by atoms with van der Waals surface area (Å²) in [5, 5.41) is 1.24. The van der Waals surface area contributed by atoms with Crippen LogP contribution in [0.4, 0.5) is 0 Å². The van der Waals surface area contributed by atoms with Crippen molar-refractivity contribution in [3.05, 3.63) is 47.8 Å². The Kier molecular flexibility index (Phi) is 5.09. The van der Waals surface area contributed by atoms with E-state index in [0.29, 0.717) is 12.5 Å². The summed E-state index contributed by atoms with van der Waals surface area (Å²) in [5.41, 5.74) is 5.87. The Morgan fingerprint density at radius 2 is 1.96 bits per heavy atom. The highest BCUT2D eigenvalue weighted by atomic mass is 16.5. The van der Waals surface area contributed by atoms with Crippen molar-refractivity contribution in [1.82, 2.24) is 14.9 Å². The minimum atomic E-state index is 0.411. The first-order valence-electron chi connectivity index (χ1n) is 8.82. The lowest BCUT2D eigenvalue weighted by Crippen LogP contribution is -2.19. The van der Waals surface area contributed by atoms with Crippen molar-refractivity contribution in [3.63, 3.8) is 0 Å². The van der Waals surface area contributed by atoms with Crippen molar-refractivity contribution in [2.24, 2.45) is 0 Å². The van der Waals surface area contributed by atoms with Gasteiger partial charge in [0.15, 0.2) is 0 Å². The van der Waals surface area contributed by atoms with Gasteiger partial charge in [-0.25, -0.2) is 0 Å². The maximum Gasteiger partial charge on any atom is 0.120 e. The molecule has 0 spiro atoms. The number of hydrogen-bond donors (Lipinski definition) is 1. The molecule has 2 heterocycles. The van der Waals surface area contributed by atoms with E-state index < -0.39 is 0 Å². The van der Waals surface area contributed by atoms with Crippen molar-refractivity contribution in [2.45, 2.75) is 26.7 Å². The number of likely N-dealkylation sites (N-methyl/N-ethyl adjacent to an activating group) is 1. The zero-order valence-electron chi connectivity index (χ0n) is 15.8. The second-order valence-electron chi connectivity index (χ2n) is 7.11. The van der Waals surface area contributed by atoms with Crippen LogP contribution in [-0.4, -0.2) is 42.1 Å². The molecule has 3 rings (SSSR count). The molecule has 0 radical (unpaired) electrons. The average molecular weight is 337 g/mol. The number of aromatic amines is 1. The van der Waals surface area contributed by atoms with Gasteiger partial charge in [-0.15, -0.1) is 0 Å².